The first-order valence-electron chi connectivity index (χ1n) is 5.63. The fourth-order valence-electron chi connectivity index (χ4n) is 1.41. The van der Waals surface area contributed by atoms with Gasteiger partial charge in [0.15, 0.2) is 0 Å². The Labute approximate surface area is 97.3 Å². The molecule has 0 aliphatic carbocycles. The lowest BCUT2D eigenvalue weighted by molar-refractivity contribution is 0.435. The van der Waals surface area contributed by atoms with Crippen LogP contribution in [0, 0.1) is 12.7 Å². The molecule has 0 bridgehead atoms. The van der Waals surface area contributed by atoms with E-state index in [1.54, 1.807) is 6.07 Å². The predicted octanol–water partition coefficient (Wildman–Crippen LogP) is 2.93. The van der Waals surface area contributed by atoms with Gasteiger partial charge in [-0.3, -0.25) is 0 Å². The molecule has 0 saturated carbocycles. The lowest BCUT2D eigenvalue weighted by atomic mass is 10.1. The van der Waals surface area contributed by atoms with Gasteiger partial charge in [-0.1, -0.05) is 6.07 Å². The van der Waals surface area contributed by atoms with Crippen LogP contribution in [-0.4, -0.2) is 18.6 Å². The minimum atomic E-state index is -0.193. The Bertz CT molecular complexity index is 342. The van der Waals surface area contributed by atoms with Gasteiger partial charge in [0.05, 0.1) is 5.69 Å². The van der Waals surface area contributed by atoms with Crippen molar-refractivity contribution in [1.29, 1.82) is 0 Å². The van der Waals surface area contributed by atoms with E-state index in [9.17, 15) is 4.39 Å². The Kier molecular flexibility index (Phi) is 4.30. The van der Waals surface area contributed by atoms with Crippen molar-refractivity contribution >= 4 is 5.69 Å². The van der Waals surface area contributed by atoms with Crippen molar-refractivity contribution in [2.24, 2.45) is 0 Å². The lowest BCUT2D eigenvalue weighted by Gasteiger charge is -2.20. The lowest BCUT2D eigenvalue weighted by Crippen LogP contribution is -2.38. The fraction of sp³-hybridized carbons (Fsp3) is 0.538. The van der Waals surface area contributed by atoms with E-state index in [2.05, 4.69) is 31.4 Å². The second-order valence-corrected chi connectivity index (χ2v) is 5.09. The molecule has 16 heavy (non-hydrogen) atoms. The van der Waals surface area contributed by atoms with E-state index in [1.807, 2.05) is 13.0 Å². The highest BCUT2D eigenvalue weighted by molar-refractivity contribution is 5.46. The van der Waals surface area contributed by atoms with Crippen LogP contribution in [0.1, 0.15) is 26.3 Å². The Morgan fingerprint density at radius 2 is 1.88 bits per heavy atom. The molecule has 0 radical (unpaired) electrons. The zero-order chi connectivity index (χ0) is 12.2. The largest absolute Gasteiger partial charge is 0.381 e. The number of benzene rings is 1. The van der Waals surface area contributed by atoms with Crippen molar-refractivity contribution in [2.75, 3.05) is 18.4 Å². The SMILES string of the molecule is Cc1ccc(F)c(NCCNC(C)(C)C)c1. The second kappa shape index (κ2) is 5.30. The van der Waals surface area contributed by atoms with Crippen LogP contribution >= 0.6 is 0 Å². The number of hydrogen-bond donors (Lipinski definition) is 2. The maximum atomic E-state index is 13.3. The summed E-state index contributed by atoms with van der Waals surface area (Å²) in [4.78, 5) is 0. The van der Waals surface area contributed by atoms with E-state index in [1.165, 1.54) is 6.07 Å². The third kappa shape index (κ3) is 4.62. The van der Waals surface area contributed by atoms with Crippen molar-refractivity contribution in [3.63, 3.8) is 0 Å². The van der Waals surface area contributed by atoms with Crippen LogP contribution in [0.2, 0.25) is 0 Å². The summed E-state index contributed by atoms with van der Waals surface area (Å²) in [5, 5.41) is 6.43. The topological polar surface area (TPSA) is 24.1 Å². The smallest absolute Gasteiger partial charge is 0.146 e. The van der Waals surface area contributed by atoms with Crippen molar-refractivity contribution in [1.82, 2.24) is 5.32 Å². The molecule has 0 heterocycles. The first-order valence-corrected chi connectivity index (χ1v) is 5.63. The van der Waals surface area contributed by atoms with Gasteiger partial charge in [-0.2, -0.15) is 0 Å². The summed E-state index contributed by atoms with van der Waals surface area (Å²) in [5.41, 5.74) is 1.75. The molecule has 0 unspecified atom stereocenters. The third-order valence-corrected chi connectivity index (χ3v) is 2.22. The van der Waals surface area contributed by atoms with Crippen LogP contribution in [0.25, 0.3) is 0 Å². The molecular formula is C13H21FN2. The number of rotatable bonds is 4. The molecular weight excluding hydrogens is 203 g/mol. The van der Waals surface area contributed by atoms with Gasteiger partial charge in [0.25, 0.3) is 0 Å². The van der Waals surface area contributed by atoms with Crippen LogP contribution in [-0.2, 0) is 0 Å². The first-order chi connectivity index (χ1) is 7.38. The summed E-state index contributed by atoms with van der Waals surface area (Å²) in [5.74, 6) is -0.193. The highest BCUT2D eigenvalue weighted by atomic mass is 19.1. The van der Waals surface area contributed by atoms with Crippen molar-refractivity contribution in [3.8, 4) is 0 Å². The van der Waals surface area contributed by atoms with Gasteiger partial charge >= 0.3 is 0 Å². The first kappa shape index (κ1) is 13.0. The zero-order valence-corrected chi connectivity index (χ0v) is 10.5. The predicted molar refractivity (Wildman–Crippen MR) is 67.4 cm³/mol. The molecule has 2 nitrogen and oxygen atoms in total. The molecule has 0 aliphatic heterocycles. The number of halogens is 1. The van der Waals surface area contributed by atoms with Gasteiger partial charge in [0.1, 0.15) is 5.82 Å². The van der Waals surface area contributed by atoms with Crippen molar-refractivity contribution in [3.05, 3.63) is 29.6 Å². The highest BCUT2D eigenvalue weighted by Gasteiger charge is 2.07. The number of hydrogen-bond acceptors (Lipinski definition) is 2. The summed E-state index contributed by atoms with van der Waals surface area (Å²) < 4.78 is 13.3. The molecule has 0 saturated heterocycles. The standard InChI is InChI=1S/C13H21FN2/c1-10-5-6-11(14)12(9-10)15-7-8-16-13(2,3)4/h5-6,9,15-16H,7-8H2,1-4H3. The van der Waals surface area contributed by atoms with Gasteiger partial charge in [0, 0.05) is 18.6 Å². The summed E-state index contributed by atoms with van der Waals surface area (Å²) >= 11 is 0. The molecule has 0 aliphatic rings. The van der Waals surface area contributed by atoms with Gasteiger partial charge in [0.2, 0.25) is 0 Å². The van der Waals surface area contributed by atoms with Gasteiger partial charge in [-0.15, -0.1) is 0 Å². The average molecular weight is 224 g/mol. The van der Waals surface area contributed by atoms with Crippen LogP contribution in [0.15, 0.2) is 18.2 Å². The Balaban J connectivity index is 2.40. The van der Waals surface area contributed by atoms with Crippen LogP contribution in [0.5, 0.6) is 0 Å². The Morgan fingerprint density at radius 1 is 1.19 bits per heavy atom. The molecule has 0 aromatic heterocycles. The molecule has 0 spiro atoms. The maximum absolute atomic E-state index is 13.3. The molecule has 0 fully saturated rings. The molecule has 3 heteroatoms. The number of nitrogens with one attached hydrogen (secondary N) is 2. The van der Waals surface area contributed by atoms with E-state index in [-0.39, 0.29) is 11.4 Å². The van der Waals surface area contributed by atoms with Gasteiger partial charge in [-0.05, 0) is 45.4 Å². The quantitative estimate of drug-likeness (QED) is 0.768. The molecule has 2 N–H and O–H groups in total. The minimum Gasteiger partial charge on any atom is -0.381 e. The summed E-state index contributed by atoms with van der Waals surface area (Å²) in [6, 6.07) is 5.09. The van der Waals surface area contributed by atoms with Crippen molar-refractivity contribution < 1.29 is 4.39 Å². The van der Waals surface area contributed by atoms with E-state index in [0.717, 1.165) is 18.7 Å². The fourth-order valence-corrected chi connectivity index (χ4v) is 1.41. The minimum absolute atomic E-state index is 0.104. The number of anilines is 1. The summed E-state index contributed by atoms with van der Waals surface area (Å²) in [7, 11) is 0. The average Bonchev–Trinajstić information content (AvgIpc) is 2.16. The molecule has 1 rings (SSSR count). The molecule has 0 atom stereocenters. The Morgan fingerprint density at radius 3 is 2.50 bits per heavy atom. The monoisotopic (exact) mass is 224 g/mol. The van der Waals surface area contributed by atoms with Crippen LogP contribution in [0.3, 0.4) is 0 Å². The van der Waals surface area contributed by atoms with Crippen LogP contribution < -0.4 is 10.6 Å². The normalized spacial score (nSPS) is 11.6. The van der Waals surface area contributed by atoms with Gasteiger partial charge in [-0.25, -0.2) is 4.39 Å². The highest BCUT2D eigenvalue weighted by Crippen LogP contribution is 2.14. The van der Waals surface area contributed by atoms with Crippen LogP contribution in [0.4, 0.5) is 10.1 Å². The zero-order valence-electron chi connectivity index (χ0n) is 10.5. The molecule has 0 amide bonds. The maximum Gasteiger partial charge on any atom is 0.146 e. The van der Waals surface area contributed by atoms with E-state index in [0.29, 0.717) is 5.69 Å². The second-order valence-electron chi connectivity index (χ2n) is 5.09. The summed E-state index contributed by atoms with van der Waals surface area (Å²) in [6.07, 6.45) is 0. The summed E-state index contributed by atoms with van der Waals surface area (Å²) in [6.45, 7) is 9.83. The van der Waals surface area contributed by atoms with E-state index >= 15 is 0 Å². The van der Waals surface area contributed by atoms with Crippen molar-refractivity contribution in [2.45, 2.75) is 33.2 Å². The molecule has 1 aromatic rings. The van der Waals surface area contributed by atoms with Gasteiger partial charge < -0.3 is 10.6 Å². The Hall–Kier alpha value is -1.09. The number of aryl methyl sites for hydroxylation is 1. The molecule has 1 aromatic carbocycles. The third-order valence-electron chi connectivity index (χ3n) is 2.22. The van der Waals surface area contributed by atoms with E-state index in [4.69, 9.17) is 0 Å². The molecule has 90 valence electrons. The van der Waals surface area contributed by atoms with E-state index < -0.39 is 0 Å².